The minimum Gasteiger partial charge on any atom is -0.477 e. The highest BCUT2D eigenvalue weighted by molar-refractivity contribution is 5.87. The van der Waals surface area contributed by atoms with Gasteiger partial charge in [0.15, 0.2) is 0 Å². The van der Waals surface area contributed by atoms with Crippen molar-refractivity contribution in [2.24, 2.45) is 0 Å². The Bertz CT molecular complexity index is 707. The molecule has 1 heterocycles. The van der Waals surface area contributed by atoms with Crippen molar-refractivity contribution in [1.29, 1.82) is 0 Å². The van der Waals surface area contributed by atoms with Crippen molar-refractivity contribution >= 4 is 5.97 Å². The number of aryl methyl sites for hydroxylation is 1. The van der Waals surface area contributed by atoms with Crippen molar-refractivity contribution in [1.82, 2.24) is 9.78 Å². The first-order valence-electron chi connectivity index (χ1n) is 5.99. The molecule has 0 radical (unpaired) electrons. The second-order valence-electron chi connectivity index (χ2n) is 4.48. The number of halogens is 1. The summed E-state index contributed by atoms with van der Waals surface area (Å²) >= 11 is 0. The molecular weight excluding hydrogens is 263 g/mol. The van der Waals surface area contributed by atoms with Gasteiger partial charge >= 0.3 is 5.97 Å². The molecule has 20 heavy (non-hydrogen) atoms. The van der Waals surface area contributed by atoms with E-state index >= 15 is 0 Å². The zero-order valence-electron chi connectivity index (χ0n) is 11.0. The average molecular weight is 276 g/mol. The van der Waals surface area contributed by atoms with E-state index in [1.807, 2.05) is 0 Å². The molecule has 0 spiro atoms. The summed E-state index contributed by atoms with van der Waals surface area (Å²) < 4.78 is 14.0. The Kier molecular flexibility index (Phi) is 3.65. The lowest BCUT2D eigenvalue weighted by atomic mass is 10.1. The predicted octanol–water partition coefficient (Wildman–Crippen LogP) is 2.00. The van der Waals surface area contributed by atoms with E-state index < -0.39 is 17.6 Å². The quantitative estimate of drug-likeness (QED) is 0.930. The van der Waals surface area contributed by atoms with Gasteiger partial charge in [-0.15, -0.1) is 0 Å². The lowest BCUT2D eigenvalue weighted by Gasteiger charge is -2.15. The predicted molar refractivity (Wildman–Crippen MR) is 70.4 cm³/mol. The third-order valence-electron chi connectivity index (χ3n) is 3.01. The van der Waals surface area contributed by atoms with Gasteiger partial charge in [-0.05, 0) is 37.6 Å². The summed E-state index contributed by atoms with van der Waals surface area (Å²) in [5, 5.41) is 13.1. The van der Waals surface area contributed by atoms with Crippen LogP contribution in [0.5, 0.6) is 0 Å². The number of hydrogen-bond acceptors (Lipinski definition) is 3. The third kappa shape index (κ3) is 2.59. The lowest BCUT2D eigenvalue weighted by Crippen LogP contribution is -2.31. The Morgan fingerprint density at radius 2 is 1.95 bits per heavy atom. The van der Waals surface area contributed by atoms with E-state index in [4.69, 9.17) is 5.11 Å². The van der Waals surface area contributed by atoms with Gasteiger partial charge < -0.3 is 5.11 Å². The monoisotopic (exact) mass is 276 g/mol. The van der Waals surface area contributed by atoms with E-state index in [1.165, 1.54) is 30.3 Å². The van der Waals surface area contributed by atoms with E-state index in [-0.39, 0.29) is 11.4 Å². The van der Waals surface area contributed by atoms with Crippen molar-refractivity contribution in [3.05, 3.63) is 63.3 Å². The molecule has 0 aliphatic carbocycles. The smallest absolute Gasteiger partial charge is 0.341 e. The summed E-state index contributed by atoms with van der Waals surface area (Å²) in [6.07, 6.45) is 0. The third-order valence-corrected chi connectivity index (χ3v) is 3.01. The summed E-state index contributed by atoms with van der Waals surface area (Å²) in [4.78, 5) is 23.1. The molecule has 0 amide bonds. The summed E-state index contributed by atoms with van der Waals surface area (Å²) in [6, 6.07) is 6.39. The molecule has 6 heteroatoms. The second-order valence-corrected chi connectivity index (χ2v) is 4.48. The van der Waals surface area contributed by atoms with Gasteiger partial charge in [-0.1, -0.05) is 12.1 Å². The van der Waals surface area contributed by atoms with Crippen LogP contribution in [0.15, 0.2) is 35.1 Å². The second kappa shape index (κ2) is 5.24. The van der Waals surface area contributed by atoms with Gasteiger partial charge in [0.25, 0.3) is 5.56 Å². The Morgan fingerprint density at radius 1 is 1.35 bits per heavy atom. The number of carboxylic acids is 1. The molecule has 1 unspecified atom stereocenters. The molecule has 104 valence electrons. The van der Waals surface area contributed by atoms with E-state index in [2.05, 4.69) is 5.10 Å². The minimum atomic E-state index is -1.29. The first-order valence-corrected chi connectivity index (χ1v) is 5.99. The molecule has 0 bridgehead atoms. The number of carboxylic acid groups (broad SMARTS) is 1. The van der Waals surface area contributed by atoms with Crippen LogP contribution in [-0.4, -0.2) is 20.9 Å². The number of benzene rings is 1. The molecule has 1 aromatic heterocycles. The number of nitrogens with zero attached hydrogens (tertiary/aromatic N) is 2. The highest BCUT2D eigenvalue weighted by atomic mass is 19.1. The fourth-order valence-corrected chi connectivity index (χ4v) is 1.94. The van der Waals surface area contributed by atoms with Crippen LogP contribution in [-0.2, 0) is 0 Å². The molecule has 0 aliphatic rings. The molecule has 0 fully saturated rings. The average Bonchev–Trinajstić information content (AvgIpc) is 2.41. The van der Waals surface area contributed by atoms with Crippen molar-refractivity contribution in [2.75, 3.05) is 0 Å². The van der Waals surface area contributed by atoms with Gasteiger partial charge in [0.2, 0.25) is 0 Å². The maximum atomic E-state index is 12.9. The Morgan fingerprint density at radius 3 is 2.50 bits per heavy atom. The zero-order chi connectivity index (χ0) is 14.9. The SMILES string of the molecule is Cc1cc(C(=O)O)c(=O)n(C(C)c2ccc(F)cc2)n1. The molecule has 0 saturated carbocycles. The highest BCUT2D eigenvalue weighted by Crippen LogP contribution is 2.16. The van der Waals surface area contributed by atoms with E-state index in [1.54, 1.807) is 13.8 Å². The molecule has 1 atom stereocenters. The number of hydrogen-bond donors (Lipinski definition) is 1. The van der Waals surface area contributed by atoms with Crippen LogP contribution in [0.2, 0.25) is 0 Å². The molecular formula is C14H13FN2O3. The van der Waals surface area contributed by atoms with Gasteiger partial charge in [-0.25, -0.2) is 13.9 Å². The molecule has 1 N–H and O–H groups in total. The van der Waals surface area contributed by atoms with Gasteiger partial charge in [0.05, 0.1) is 11.7 Å². The van der Waals surface area contributed by atoms with Crippen LogP contribution in [0, 0.1) is 12.7 Å². The summed E-state index contributed by atoms with van der Waals surface area (Å²) in [5.41, 5.74) is 0.0882. The molecule has 5 nitrogen and oxygen atoms in total. The number of aromatic nitrogens is 2. The zero-order valence-corrected chi connectivity index (χ0v) is 11.0. The van der Waals surface area contributed by atoms with E-state index in [0.29, 0.717) is 11.3 Å². The van der Waals surface area contributed by atoms with Crippen LogP contribution in [0.1, 0.15) is 34.6 Å². The fourth-order valence-electron chi connectivity index (χ4n) is 1.94. The van der Waals surface area contributed by atoms with Crippen LogP contribution in [0.25, 0.3) is 0 Å². The van der Waals surface area contributed by atoms with Gasteiger partial charge in [-0.3, -0.25) is 4.79 Å². The van der Waals surface area contributed by atoms with Crippen molar-refractivity contribution < 1.29 is 14.3 Å². The van der Waals surface area contributed by atoms with Crippen LogP contribution in [0.3, 0.4) is 0 Å². The first kappa shape index (κ1) is 13.9. The maximum Gasteiger partial charge on any atom is 0.341 e. The summed E-state index contributed by atoms with van der Waals surface area (Å²) in [7, 11) is 0. The van der Waals surface area contributed by atoms with Crippen LogP contribution < -0.4 is 5.56 Å². The number of rotatable bonds is 3. The molecule has 2 aromatic rings. The first-order chi connectivity index (χ1) is 9.40. The van der Waals surface area contributed by atoms with Crippen molar-refractivity contribution in [3.8, 4) is 0 Å². The molecule has 0 saturated heterocycles. The number of aromatic carboxylic acids is 1. The van der Waals surface area contributed by atoms with E-state index in [9.17, 15) is 14.0 Å². The highest BCUT2D eigenvalue weighted by Gasteiger charge is 2.17. The lowest BCUT2D eigenvalue weighted by molar-refractivity contribution is 0.0693. The fraction of sp³-hybridized carbons (Fsp3) is 0.214. The normalized spacial score (nSPS) is 12.2. The van der Waals surface area contributed by atoms with Gasteiger partial charge in [-0.2, -0.15) is 5.10 Å². The summed E-state index contributed by atoms with van der Waals surface area (Å²) in [5.74, 6) is -1.67. The van der Waals surface area contributed by atoms with Gasteiger partial charge in [0.1, 0.15) is 11.4 Å². The Balaban J connectivity index is 2.55. The standard InChI is InChI=1S/C14H13FN2O3/c1-8-7-12(14(19)20)13(18)17(16-8)9(2)10-3-5-11(15)6-4-10/h3-7,9H,1-2H3,(H,19,20). The van der Waals surface area contributed by atoms with Crippen LogP contribution >= 0.6 is 0 Å². The van der Waals surface area contributed by atoms with Crippen molar-refractivity contribution in [2.45, 2.75) is 19.9 Å². The summed E-state index contributed by atoms with van der Waals surface area (Å²) in [6.45, 7) is 3.31. The number of carbonyl (C=O) groups is 1. The van der Waals surface area contributed by atoms with Crippen LogP contribution in [0.4, 0.5) is 4.39 Å². The Hall–Kier alpha value is -2.50. The van der Waals surface area contributed by atoms with E-state index in [0.717, 1.165) is 4.68 Å². The van der Waals surface area contributed by atoms with Crippen molar-refractivity contribution in [3.63, 3.8) is 0 Å². The Labute approximate surface area is 114 Å². The van der Waals surface area contributed by atoms with Gasteiger partial charge in [0, 0.05) is 0 Å². The topological polar surface area (TPSA) is 72.2 Å². The maximum absolute atomic E-state index is 12.9. The molecule has 0 aliphatic heterocycles. The largest absolute Gasteiger partial charge is 0.477 e. The molecule has 1 aromatic carbocycles. The minimum absolute atomic E-state index is 0.327. The molecule has 2 rings (SSSR count).